The number of hydrogen-bond donors (Lipinski definition) is 5. The summed E-state index contributed by atoms with van der Waals surface area (Å²) in [6.45, 7) is 4.38. The van der Waals surface area contributed by atoms with Crippen LogP contribution < -0.4 is 10.6 Å². The van der Waals surface area contributed by atoms with E-state index in [1.165, 1.54) is 6.92 Å². The van der Waals surface area contributed by atoms with Crippen LogP contribution >= 0.6 is 0 Å². The fourth-order valence-electron chi connectivity index (χ4n) is 2.34. The van der Waals surface area contributed by atoms with Gasteiger partial charge in [-0.25, -0.2) is 0 Å². The van der Waals surface area contributed by atoms with Crippen molar-refractivity contribution in [1.29, 1.82) is 0 Å². The first-order valence-electron chi connectivity index (χ1n) is 6.95. The van der Waals surface area contributed by atoms with Gasteiger partial charge in [-0.2, -0.15) is 0 Å². The van der Waals surface area contributed by atoms with Gasteiger partial charge in [-0.1, -0.05) is 0 Å². The number of nitrogens with one attached hydrogen (secondary N) is 2. The van der Waals surface area contributed by atoms with Gasteiger partial charge in [-0.3, -0.25) is 9.59 Å². The molecule has 1 saturated heterocycles. The number of rotatable bonds is 5. The maximum absolute atomic E-state index is 11.8. The highest BCUT2D eigenvalue weighted by Crippen LogP contribution is 2.23. The minimum Gasteiger partial charge on any atom is -0.394 e. The van der Waals surface area contributed by atoms with Crippen LogP contribution in [-0.2, 0) is 14.3 Å². The Morgan fingerprint density at radius 3 is 2.29 bits per heavy atom. The summed E-state index contributed by atoms with van der Waals surface area (Å²) in [6, 6.07) is -0.970. The molecule has 0 aliphatic carbocycles. The van der Waals surface area contributed by atoms with E-state index in [9.17, 15) is 19.8 Å². The van der Waals surface area contributed by atoms with E-state index in [2.05, 4.69) is 10.6 Å². The van der Waals surface area contributed by atoms with E-state index in [1.54, 1.807) is 13.8 Å². The number of carbonyl (C=O) groups excluding carboxylic acids is 2. The molecule has 0 aromatic rings. The van der Waals surface area contributed by atoms with Crippen LogP contribution in [0.1, 0.15) is 27.2 Å². The molecule has 122 valence electrons. The average Bonchev–Trinajstić information content (AvgIpc) is 2.36. The monoisotopic (exact) mass is 304 g/mol. The van der Waals surface area contributed by atoms with Crippen LogP contribution in [0.2, 0.25) is 0 Å². The number of carbonyl (C=O) groups is 2. The molecule has 1 heterocycles. The predicted octanol–water partition coefficient (Wildman–Crippen LogP) is -2.11. The Kier molecular flexibility index (Phi) is 6.53. The van der Waals surface area contributed by atoms with Gasteiger partial charge in [0.15, 0.2) is 0 Å². The number of aliphatic hydroxyl groups excluding tert-OH is 3. The van der Waals surface area contributed by atoms with E-state index >= 15 is 0 Å². The fraction of sp³-hybridized carbons (Fsp3) is 0.846. The Hall–Kier alpha value is -1.22. The molecule has 2 amide bonds. The minimum absolute atomic E-state index is 0.0514. The van der Waals surface area contributed by atoms with Crippen molar-refractivity contribution in [3.63, 3.8) is 0 Å². The van der Waals surface area contributed by atoms with Gasteiger partial charge in [0.2, 0.25) is 11.8 Å². The van der Waals surface area contributed by atoms with E-state index in [4.69, 9.17) is 9.84 Å². The third-order valence-corrected chi connectivity index (χ3v) is 3.24. The Labute approximate surface area is 123 Å². The molecular weight excluding hydrogens is 280 g/mol. The van der Waals surface area contributed by atoms with Crippen LogP contribution in [0.25, 0.3) is 0 Å². The first kappa shape index (κ1) is 17.8. The van der Waals surface area contributed by atoms with Gasteiger partial charge in [-0.05, 0) is 13.8 Å². The molecule has 1 rings (SSSR count). The smallest absolute Gasteiger partial charge is 0.222 e. The molecular formula is C13H24N2O6. The number of aliphatic hydroxyl groups is 3. The van der Waals surface area contributed by atoms with Gasteiger partial charge in [0.25, 0.3) is 0 Å². The quantitative estimate of drug-likeness (QED) is 0.395. The highest BCUT2D eigenvalue weighted by atomic mass is 16.5. The van der Waals surface area contributed by atoms with Gasteiger partial charge in [0.05, 0.1) is 25.2 Å². The standard InChI is InChI=1S/C13H24N2O6/c1-6(2)14-10(18)4-8-11(15-7(3)17)13(20)12(19)9(5-16)21-8/h6,8-9,11-13,16,19-20H,4-5H2,1-3H3,(H,14,18)(H,15,17)/t8-,9+,11-,12-,13+/m0/s1. The maximum atomic E-state index is 11.8. The van der Waals surface area contributed by atoms with Crippen molar-refractivity contribution >= 4 is 11.8 Å². The highest BCUT2D eigenvalue weighted by molar-refractivity contribution is 5.77. The van der Waals surface area contributed by atoms with Crippen LogP contribution in [0.5, 0.6) is 0 Å². The predicted molar refractivity (Wildman–Crippen MR) is 73.3 cm³/mol. The molecule has 1 aliphatic heterocycles. The number of hydrogen-bond acceptors (Lipinski definition) is 6. The molecule has 1 aliphatic rings. The molecule has 8 heteroatoms. The summed E-state index contributed by atoms with van der Waals surface area (Å²) in [7, 11) is 0. The molecule has 0 spiro atoms. The SMILES string of the molecule is CC(=O)N[C@@H]1[C@@H](O)[C@@H](O)[C@@H](CO)O[C@H]1CC(=O)NC(C)C. The molecule has 8 nitrogen and oxygen atoms in total. The van der Waals surface area contributed by atoms with Gasteiger partial charge >= 0.3 is 0 Å². The van der Waals surface area contributed by atoms with E-state index in [-0.39, 0.29) is 18.4 Å². The van der Waals surface area contributed by atoms with Gasteiger partial charge < -0.3 is 30.7 Å². The zero-order chi connectivity index (χ0) is 16.2. The van der Waals surface area contributed by atoms with Crippen molar-refractivity contribution in [2.75, 3.05) is 6.61 Å². The Bertz CT molecular complexity index is 376. The third kappa shape index (κ3) is 4.92. The van der Waals surface area contributed by atoms with Crippen molar-refractivity contribution in [2.24, 2.45) is 0 Å². The molecule has 5 N–H and O–H groups in total. The average molecular weight is 304 g/mol. The van der Waals surface area contributed by atoms with Gasteiger partial charge in [0.1, 0.15) is 18.3 Å². The third-order valence-electron chi connectivity index (χ3n) is 3.24. The van der Waals surface area contributed by atoms with Crippen molar-refractivity contribution in [3.05, 3.63) is 0 Å². The topological polar surface area (TPSA) is 128 Å². The van der Waals surface area contributed by atoms with Crippen molar-refractivity contribution in [2.45, 2.75) is 63.7 Å². The summed E-state index contributed by atoms with van der Waals surface area (Å²) < 4.78 is 5.45. The van der Waals surface area contributed by atoms with E-state index in [0.29, 0.717) is 0 Å². The number of ether oxygens (including phenoxy) is 1. The molecule has 0 radical (unpaired) electrons. The minimum atomic E-state index is -1.34. The molecule has 0 unspecified atom stereocenters. The van der Waals surface area contributed by atoms with Gasteiger partial charge in [0, 0.05) is 13.0 Å². The largest absolute Gasteiger partial charge is 0.394 e. The number of amides is 2. The first-order chi connectivity index (χ1) is 9.76. The fourth-order valence-corrected chi connectivity index (χ4v) is 2.34. The van der Waals surface area contributed by atoms with Crippen LogP contribution in [0, 0.1) is 0 Å². The summed E-state index contributed by atoms with van der Waals surface area (Å²) in [5.74, 6) is -0.711. The van der Waals surface area contributed by atoms with Crippen LogP contribution in [0.15, 0.2) is 0 Å². The van der Waals surface area contributed by atoms with E-state index in [1.807, 2.05) is 0 Å². The first-order valence-corrected chi connectivity index (χ1v) is 6.95. The lowest BCUT2D eigenvalue weighted by Gasteiger charge is -2.42. The van der Waals surface area contributed by atoms with Crippen LogP contribution in [-0.4, -0.2) is 70.2 Å². The van der Waals surface area contributed by atoms with Crippen molar-refractivity contribution in [1.82, 2.24) is 10.6 Å². The molecule has 0 aromatic heterocycles. The van der Waals surface area contributed by atoms with E-state index in [0.717, 1.165) is 0 Å². The molecule has 0 aromatic carbocycles. The lowest BCUT2D eigenvalue weighted by molar-refractivity contribution is -0.197. The summed E-state index contributed by atoms with van der Waals surface area (Å²) in [4.78, 5) is 23.0. The molecule has 1 fully saturated rings. The summed E-state index contributed by atoms with van der Waals surface area (Å²) >= 11 is 0. The lowest BCUT2D eigenvalue weighted by Crippen LogP contribution is -2.64. The zero-order valence-electron chi connectivity index (χ0n) is 12.4. The second-order valence-corrected chi connectivity index (χ2v) is 5.53. The second-order valence-electron chi connectivity index (χ2n) is 5.53. The maximum Gasteiger partial charge on any atom is 0.222 e. The Morgan fingerprint density at radius 1 is 1.19 bits per heavy atom. The molecule has 0 bridgehead atoms. The summed E-state index contributed by atoms with van der Waals surface area (Å²) in [6.07, 6.45) is -4.58. The van der Waals surface area contributed by atoms with Crippen molar-refractivity contribution < 1.29 is 29.6 Å². The molecule has 5 atom stereocenters. The second kappa shape index (κ2) is 7.69. The highest BCUT2D eigenvalue weighted by Gasteiger charge is 2.45. The molecule has 21 heavy (non-hydrogen) atoms. The summed E-state index contributed by atoms with van der Waals surface area (Å²) in [5, 5.41) is 34.2. The normalized spacial score (nSPS) is 32.8. The van der Waals surface area contributed by atoms with Crippen LogP contribution in [0.3, 0.4) is 0 Å². The summed E-state index contributed by atoms with van der Waals surface area (Å²) in [5.41, 5.74) is 0. The zero-order valence-corrected chi connectivity index (χ0v) is 12.4. The van der Waals surface area contributed by atoms with Crippen LogP contribution in [0.4, 0.5) is 0 Å². The van der Waals surface area contributed by atoms with Gasteiger partial charge in [-0.15, -0.1) is 0 Å². The Balaban J connectivity index is 2.83. The lowest BCUT2D eigenvalue weighted by atomic mass is 9.91. The molecule has 0 saturated carbocycles. The van der Waals surface area contributed by atoms with Crippen molar-refractivity contribution in [3.8, 4) is 0 Å². The van der Waals surface area contributed by atoms with E-state index < -0.39 is 43.0 Å². The Morgan fingerprint density at radius 2 is 1.81 bits per heavy atom.